The summed E-state index contributed by atoms with van der Waals surface area (Å²) in [7, 11) is 3.30. The van der Waals surface area contributed by atoms with Gasteiger partial charge in [0.2, 0.25) is 0 Å². The number of likely N-dealkylation sites (N-methyl/N-ethyl adjacent to an activating group) is 1. The van der Waals surface area contributed by atoms with Gasteiger partial charge in [-0.3, -0.25) is 4.79 Å². The number of nitrogens with zero attached hydrogens (tertiary/aromatic N) is 1. The molecular formula is C18H19Cl2NO3. The predicted octanol–water partition coefficient (Wildman–Crippen LogP) is 4.43. The van der Waals surface area contributed by atoms with Crippen LogP contribution in [0.3, 0.4) is 0 Å². The number of rotatable bonds is 6. The van der Waals surface area contributed by atoms with Gasteiger partial charge in [-0.05, 0) is 49.4 Å². The summed E-state index contributed by atoms with van der Waals surface area (Å²) in [6, 6.07) is 12.2. The van der Waals surface area contributed by atoms with E-state index in [-0.39, 0.29) is 5.91 Å². The molecule has 24 heavy (non-hydrogen) atoms. The minimum Gasteiger partial charge on any atom is -0.496 e. The summed E-state index contributed by atoms with van der Waals surface area (Å²) >= 11 is 11.9. The molecule has 0 aliphatic rings. The number of carbonyl (C=O) groups excluding carboxylic acids is 1. The molecule has 2 rings (SSSR count). The highest BCUT2D eigenvalue weighted by Crippen LogP contribution is 2.24. The van der Waals surface area contributed by atoms with Crippen LogP contribution in [0.5, 0.6) is 11.5 Å². The van der Waals surface area contributed by atoms with Gasteiger partial charge in [0.1, 0.15) is 11.5 Å². The maximum atomic E-state index is 12.5. The molecule has 6 heteroatoms. The number of ether oxygens (including phenoxy) is 2. The van der Waals surface area contributed by atoms with Crippen LogP contribution in [-0.4, -0.2) is 31.1 Å². The second-order valence-corrected chi connectivity index (χ2v) is 6.24. The Morgan fingerprint density at radius 2 is 1.75 bits per heavy atom. The first kappa shape index (κ1) is 18.4. The second-order valence-electron chi connectivity index (χ2n) is 5.36. The third kappa shape index (κ3) is 4.79. The Morgan fingerprint density at radius 1 is 1.12 bits per heavy atom. The Kier molecular flexibility index (Phi) is 6.35. The van der Waals surface area contributed by atoms with Crippen molar-refractivity contribution >= 4 is 29.1 Å². The zero-order valence-corrected chi connectivity index (χ0v) is 15.3. The quantitative estimate of drug-likeness (QED) is 0.757. The van der Waals surface area contributed by atoms with Crippen LogP contribution in [0.15, 0.2) is 42.5 Å². The molecule has 0 bridgehead atoms. The molecule has 0 radical (unpaired) electrons. The van der Waals surface area contributed by atoms with Crippen LogP contribution in [-0.2, 0) is 11.3 Å². The van der Waals surface area contributed by atoms with E-state index in [1.807, 2.05) is 0 Å². The third-order valence-electron chi connectivity index (χ3n) is 3.50. The summed E-state index contributed by atoms with van der Waals surface area (Å²) in [5, 5.41) is 1.21. The molecule has 0 spiro atoms. The maximum Gasteiger partial charge on any atom is 0.263 e. The molecule has 0 N–H and O–H groups in total. The van der Waals surface area contributed by atoms with Crippen LogP contribution in [0, 0.1) is 0 Å². The molecule has 2 aromatic carbocycles. The molecule has 0 aliphatic carbocycles. The van der Waals surface area contributed by atoms with E-state index < -0.39 is 6.10 Å². The van der Waals surface area contributed by atoms with Crippen molar-refractivity contribution in [3.8, 4) is 11.5 Å². The summed E-state index contributed by atoms with van der Waals surface area (Å²) in [5.74, 6) is 1.13. The molecule has 1 atom stereocenters. The van der Waals surface area contributed by atoms with Crippen molar-refractivity contribution in [2.45, 2.75) is 19.6 Å². The van der Waals surface area contributed by atoms with Crippen LogP contribution in [0.1, 0.15) is 12.5 Å². The fraction of sp³-hybridized carbons (Fsp3) is 0.278. The van der Waals surface area contributed by atoms with Crippen molar-refractivity contribution in [3.05, 3.63) is 58.1 Å². The molecule has 1 amide bonds. The van der Waals surface area contributed by atoms with E-state index in [1.54, 1.807) is 68.4 Å². The van der Waals surface area contributed by atoms with E-state index >= 15 is 0 Å². The van der Waals surface area contributed by atoms with Crippen LogP contribution in [0.25, 0.3) is 0 Å². The van der Waals surface area contributed by atoms with Crippen LogP contribution in [0.2, 0.25) is 10.0 Å². The minimum absolute atomic E-state index is 0.146. The summed E-state index contributed by atoms with van der Waals surface area (Å²) in [6.45, 7) is 2.08. The van der Waals surface area contributed by atoms with Crippen molar-refractivity contribution < 1.29 is 14.3 Å². The largest absolute Gasteiger partial charge is 0.496 e. The minimum atomic E-state index is -0.624. The molecule has 0 heterocycles. The lowest BCUT2D eigenvalue weighted by Crippen LogP contribution is -2.37. The average Bonchev–Trinajstić information content (AvgIpc) is 2.56. The third-order valence-corrected chi connectivity index (χ3v) is 3.99. The van der Waals surface area contributed by atoms with E-state index in [1.165, 1.54) is 0 Å². The summed E-state index contributed by atoms with van der Waals surface area (Å²) in [6.07, 6.45) is -0.624. The van der Waals surface area contributed by atoms with Crippen molar-refractivity contribution in [1.29, 1.82) is 0 Å². The van der Waals surface area contributed by atoms with Crippen molar-refractivity contribution in [2.24, 2.45) is 0 Å². The Bertz CT molecular complexity index is 704. The number of amides is 1. The fourth-order valence-electron chi connectivity index (χ4n) is 2.28. The number of hydrogen-bond donors (Lipinski definition) is 0. The summed E-state index contributed by atoms with van der Waals surface area (Å²) in [4.78, 5) is 14.1. The summed E-state index contributed by atoms with van der Waals surface area (Å²) in [5.41, 5.74) is 0.833. The van der Waals surface area contributed by atoms with Gasteiger partial charge in [-0.25, -0.2) is 0 Å². The van der Waals surface area contributed by atoms with Gasteiger partial charge >= 0.3 is 0 Å². The first-order valence-electron chi connectivity index (χ1n) is 7.40. The van der Waals surface area contributed by atoms with Gasteiger partial charge in [0.15, 0.2) is 6.10 Å². The molecule has 0 saturated carbocycles. The Labute approximate surface area is 151 Å². The van der Waals surface area contributed by atoms with Gasteiger partial charge in [0.25, 0.3) is 5.91 Å². The lowest BCUT2D eigenvalue weighted by atomic mass is 10.2. The smallest absolute Gasteiger partial charge is 0.263 e. The SMILES string of the molecule is COc1ccc(Cl)cc1CN(C)C(=O)C(C)Oc1ccc(Cl)cc1. The summed E-state index contributed by atoms with van der Waals surface area (Å²) < 4.78 is 11.0. The van der Waals surface area contributed by atoms with Crippen LogP contribution in [0.4, 0.5) is 0 Å². The molecular weight excluding hydrogens is 349 g/mol. The lowest BCUT2D eigenvalue weighted by Gasteiger charge is -2.23. The first-order valence-corrected chi connectivity index (χ1v) is 8.16. The van der Waals surface area contributed by atoms with Crippen LogP contribution >= 0.6 is 23.2 Å². The Hall–Kier alpha value is -1.91. The van der Waals surface area contributed by atoms with E-state index in [9.17, 15) is 4.79 Å². The molecule has 2 aromatic rings. The lowest BCUT2D eigenvalue weighted by molar-refractivity contribution is -0.137. The highest BCUT2D eigenvalue weighted by Gasteiger charge is 2.20. The van der Waals surface area contributed by atoms with Gasteiger partial charge < -0.3 is 14.4 Å². The molecule has 0 aromatic heterocycles. The van der Waals surface area contributed by atoms with Crippen molar-refractivity contribution in [2.75, 3.05) is 14.2 Å². The monoisotopic (exact) mass is 367 g/mol. The van der Waals surface area contributed by atoms with Gasteiger partial charge in [-0.15, -0.1) is 0 Å². The molecule has 0 fully saturated rings. The zero-order valence-electron chi connectivity index (χ0n) is 13.8. The molecule has 128 valence electrons. The number of halogens is 2. The average molecular weight is 368 g/mol. The number of benzene rings is 2. The van der Waals surface area contributed by atoms with Gasteiger partial charge in [0.05, 0.1) is 7.11 Å². The first-order chi connectivity index (χ1) is 11.4. The molecule has 1 unspecified atom stereocenters. The number of carbonyl (C=O) groups is 1. The van der Waals surface area contributed by atoms with E-state index in [0.717, 1.165) is 5.56 Å². The highest BCUT2D eigenvalue weighted by molar-refractivity contribution is 6.30. The van der Waals surface area contributed by atoms with Crippen LogP contribution < -0.4 is 9.47 Å². The Balaban J connectivity index is 2.03. The Morgan fingerprint density at radius 3 is 2.38 bits per heavy atom. The van der Waals surface area contributed by atoms with Crippen molar-refractivity contribution in [3.63, 3.8) is 0 Å². The number of methoxy groups -OCH3 is 1. The topological polar surface area (TPSA) is 38.8 Å². The predicted molar refractivity (Wildman–Crippen MR) is 96.0 cm³/mol. The fourth-order valence-corrected chi connectivity index (χ4v) is 2.60. The zero-order chi connectivity index (χ0) is 17.7. The number of hydrogen-bond acceptors (Lipinski definition) is 3. The van der Waals surface area contributed by atoms with E-state index in [0.29, 0.717) is 28.1 Å². The maximum absolute atomic E-state index is 12.5. The van der Waals surface area contributed by atoms with Gasteiger partial charge in [-0.2, -0.15) is 0 Å². The molecule has 0 aliphatic heterocycles. The standard InChI is InChI=1S/C18H19Cl2NO3/c1-12(24-16-7-4-14(19)5-8-16)18(22)21(2)11-13-10-15(20)6-9-17(13)23-3/h4-10,12H,11H2,1-3H3. The van der Waals surface area contributed by atoms with E-state index in [4.69, 9.17) is 32.7 Å². The van der Waals surface area contributed by atoms with Crippen molar-refractivity contribution in [1.82, 2.24) is 4.90 Å². The van der Waals surface area contributed by atoms with E-state index in [2.05, 4.69) is 0 Å². The highest BCUT2D eigenvalue weighted by atomic mass is 35.5. The molecule has 0 saturated heterocycles. The normalized spacial score (nSPS) is 11.7. The van der Waals surface area contributed by atoms with Gasteiger partial charge in [-0.1, -0.05) is 23.2 Å². The second kappa shape index (κ2) is 8.27. The molecule has 4 nitrogen and oxygen atoms in total. The van der Waals surface area contributed by atoms with Gasteiger partial charge in [0, 0.05) is 29.2 Å².